The van der Waals surface area contributed by atoms with Crippen LogP contribution in [-0.4, -0.2) is 9.97 Å². The Labute approximate surface area is 126 Å². The maximum Gasteiger partial charge on any atom is 0.145 e. The fourth-order valence-electron chi connectivity index (χ4n) is 1.95. The third kappa shape index (κ3) is 3.49. The molecule has 0 aliphatic heterocycles. The molecule has 0 atom stereocenters. The van der Waals surface area contributed by atoms with Gasteiger partial charge in [0.15, 0.2) is 0 Å². The highest BCUT2D eigenvalue weighted by molar-refractivity contribution is 5.63. The monoisotopic (exact) mass is 285 g/mol. The van der Waals surface area contributed by atoms with Gasteiger partial charge in [0, 0.05) is 17.2 Å². The molecule has 1 aromatic carbocycles. The molecule has 5 nitrogen and oxygen atoms in total. The van der Waals surface area contributed by atoms with E-state index in [1.165, 1.54) is 11.1 Å². The molecular weight excluding hydrogens is 262 g/mol. The first-order valence-corrected chi connectivity index (χ1v) is 7.00. The van der Waals surface area contributed by atoms with Gasteiger partial charge in [0.25, 0.3) is 0 Å². The summed E-state index contributed by atoms with van der Waals surface area (Å²) < 4.78 is 0. The number of nitrogens with zero attached hydrogens (tertiary/aromatic N) is 2. The molecule has 0 saturated heterocycles. The smallest absolute Gasteiger partial charge is 0.145 e. The second-order valence-corrected chi connectivity index (χ2v) is 6.23. The fraction of sp³-hybridized carbons (Fsp3) is 0.375. The molecule has 0 saturated carbocycles. The van der Waals surface area contributed by atoms with E-state index in [9.17, 15) is 0 Å². The van der Waals surface area contributed by atoms with Gasteiger partial charge in [0.1, 0.15) is 17.5 Å². The van der Waals surface area contributed by atoms with Crippen molar-refractivity contribution < 1.29 is 0 Å². The van der Waals surface area contributed by atoms with Crippen molar-refractivity contribution >= 4 is 17.3 Å². The largest absolute Gasteiger partial charge is 0.340 e. The number of benzene rings is 1. The van der Waals surface area contributed by atoms with Crippen LogP contribution in [0.4, 0.5) is 17.3 Å². The molecule has 2 aromatic rings. The highest BCUT2D eigenvalue weighted by Gasteiger charge is 2.19. The van der Waals surface area contributed by atoms with Crippen molar-refractivity contribution in [2.24, 2.45) is 5.84 Å². The molecule has 0 aliphatic carbocycles. The van der Waals surface area contributed by atoms with E-state index in [1.807, 2.05) is 12.1 Å². The van der Waals surface area contributed by atoms with Crippen LogP contribution in [0.2, 0.25) is 0 Å². The highest BCUT2D eigenvalue weighted by Crippen LogP contribution is 2.26. The lowest BCUT2D eigenvalue weighted by Gasteiger charge is -2.19. The zero-order valence-electron chi connectivity index (χ0n) is 13.3. The van der Waals surface area contributed by atoms with Crippen molar-refractivity contribution in [3.63, 3.8) is 0 Å². The Morgan fingerprint density at radius 1 is 1.05 bits per heavy atom. The summed E-state index contributed by atoms with van der Waals surface area (Å²) >= 11 is 0. The molecule has 21 heavy (non-hydrogen) atoms. The molecule has 2 rings (SSSR count). The topological polar surface area (TPSA) is 75.9 Å². The first kappa shape index (κ1) is 15.3. The highest BCUT2D eigenvalue weighted by atomic mass is 15.3. The number of hydrogen-bond donors (Lipinski definition) is 3. The first-order valence-electron chi connectivity index (χ1n) is 7.00. The molecule has 0 aliphatic rings. The summed E-state index contributed by atoms with van der Waals surface area (Å²) in [6.07, 6.45) is 0. The van der Waals surface area contributed by atoms with Crippen LogP contribution in [0.3, 0.4) is 0 Å². The summed E-state index contributed by atoms with van der Waals surface area (Å²) in [5.74, 6) is 7.58. The van der Waals surface area contributed by atoms with E-state index in [0.717, 1.165) is 17.3 Å². The number of aromatic nitrogens is 2. The number of nitrogens with one attached hydrogen (secondary N) is 2. The molecule has 0 bridgehead atoms. The lowest BCUT2D eigenvalue weighted by Crippen LogP contribution is -2.19. The molecule has 4 N–H and O–H groups in total. The fourth-order valence-corrected chi connectivity index (χ4v) is 1.95. The summed E-state index contributed by atoms with van der Waals surface area (Å²) in [7, 11) is 0. The molecule has 0 amide bonds. The lowest BCUT2D eigenvalue weighted by atomic mass is 9.96. The maximum atomic E-state index is 5.51. The molecule has 1 heterocycles. The van der Waals surface area contributed by atoms with Gasteiger partial charge in [-0.3, -0.25) is 0 Å². The van der Waals surface area contributed by atoms with Crippen molar-refractivity contribution in [3.05, 3.63) is 41.2 Å². The van der Waals surface area contributed by atoms with Crippen LogP contribution in [0.15, 0.2) is 24.3 Å². The summed E-state index contributed by atoms with van der Waals surface area (Å²) in [6, 6.07) is 7.96. The number of nitrogens with two attached hydrogens (primary N) is 1. The van der Waals surface area contributed by atoms with Crippen LogP contribution in [0.5, 0.6) is 0 Å². The minimum atomic E-state index is -0.148. The molecule has 112 valence electrons. The first-order chi connectivity index (χ1) is 9.81. The Bertz CT molecular complexity index is 644. The normalized spacial score (nSPS) is 11.3. The van der Waals surface area contributed by atoms with Crippen LogP contribution >= 0.6 is 0 Å². The summed E-state index contributed by atoms with van der Waals surface area (Å²) in [6.45, 7) is 10.4. The minimum Gasteiger partial charge on any atom is -0.340 e. The summed E-state index contributed by atoms with van der Waals surface area (Å²) in [5.41, 5.74) is 5.93. The molecule has 0 unspecified atom stereocenters. The SMILES string of the molecule is Cc1cccc(Nc2cc(NN)nc(C(C)(C)C)n2)c1C. The molecule has 0 radical (unpaired) electrons. The molecular formula is C16H23N5. The van der Waals surface area contributed by atoms with Gasteiger partial charge in [-0.25, -0.2) is 15.8 Å². The van der Waals surface area contributed by atoms with Gasteiger partial charge in [-0.15, -0.1) is 0 Å². The van der Waals surface area contributed by atoms with Crippen LogP contribution in [-0.2, 0) is 5.41 Å². The third-order valence-electron chi connectivity index (χ3n) is 3.41. The minimum absolute atomic E-state index is 0.148. The second kappa shape index (κ2) is 5.69. The summed E-state index contributed by atoms with van der Waals surface area (Å²) in [4.78, 5) is 9.02. The van der Waals surface area contributed by atoms with E-state index in [4.69, 9.17) is 5.84 Å². The van der Waals surface area contributed by atoms with Gasteiger partial charge in [-0.05, 0) is 31.0 Å². The van der Waals surface area contributed by atoms with E-state index >= 15 is 0 Å². The Kier molecular flexibility index (Phi) is 4.14. The van der Waals surface area contributed by atoms with Crippen LogP contribution in [0, 0.1) is 13.8 Å². The zero-order valence-corrected chi connectivity index (χ0v) is 13.3. The number of aryl methyl sites for hydroxylation is 1. The average Bonchev–Trinajstić information content (AvgIpc) is 2.42. The van der Waals surface area contributed by atoms with Crippen molar-refractivity contribution in [3.8, 4) is 0 Å². The molecule has 1 aromatic heterocycles. The number of anilines is 3. The maximum absolute atomic E-state index is 5.51. The Morgan fingerprint density at radius 3 is 2.33 bits per heavy atom. The van der Waals surface area contributed by atoms with Crippen LogP contribution in [0.1, 0.15) is 37.7 Å². The van der Waals surface area contributed by atoms with Gasteiger partial charge in [0.05, 0.1) is 0 Å². The average molecular weight is 285 g/mol. The van der Waals surface area contributed by atoms with Crippen molar-refractivity contribution in [2.45, 2.75) is 40.0 Å². The third-order valence-corrected chi connectivity index (χ3v) is 3.41. The number of rotatable bonds is 3. The predicted molar refractivity (Wildman–Crippen MR) is 87.7 cm³/mol. The Morgan fingerprint density at radius 2 is 1.71 bits per heavy atom. The lowest BCUT2D eigenvalue weighted by molar-refractivity contribution is 0.547. The molecule has 5 heteroatoms. The van der Waals surface area contributed by atoms with E-state index in [2.05, 4.69) is 61.4 Å². The number of hydrogen-bond acceptors (Lipinski definition) is 5. The van der Waals surface area contributed by atoms with Gasteiger partial charge in [0.2, 0.25) is 0 Å². The zero-order chi connectivity index (χ0) is 15.6. The van der Waals surface area contributed by atoms with E-state index in [0.29, 0.717) is 5.82 Å². The van der Waals surface area contributed by atoms with Crippen LogP contribution < -0.4 is 16.6 Å². The van der Waals surface area contributed by atoms with E-state index in [-0.39, 0.29) is 5.41 Å². The van der Waals surface area contributed by atoms with Gasteiger partial charge >= 0.3 is 0 Å². The van der Waals surface area contributed by atoms with Crippen molar-refractivity contribution in [1.82, 2.24) is 9.97 Å². The quantitative estimate of drug-likeness (QED) is 0.595. The Hall–Kier alpha value is -2.14. The number of nitrogen functional groups attached to an aromatic ring is 1. The van der Waals surface area contributed by atoms with Crippen molar-refractivity contribution in [2.75, 3.05) is 10.7 Å². The van der Waals surface area contributed by atoms with Crippen molar-refractivity contribution in [1.29, 1.82) is 0 Å². The van der Waals surface area contributed by atoms with E-state index < -0.39 is 0 Å². The van der Waals surface area contributed by atoms with E-state index in [1.54, 1.807) is 6.07 Å². The standard InChI is InChI=1S/C16H23N5/c1-10-7-6-8-12(11(10)2)18-13-9-14(21-17)20-15(19-13)16(3,4)5/h6-9H,17H2,1-5H3,(H2,18,19,20,21). The van der Waals surface area contributed by atoms with Gasteiger partial charge in [-0.1, -0.05) is 32.9 Å². The Balaban J connectivity index is 2.42. The number of hydrazine groups is 1. The summed E-state index contributed by atoms with van der Waals surface area (Å²) in [5, 5.41) is 3.35. The molecule has 0 spiro atoms. The van der Waals surface area contributed by atoms with Gasteiger partial charge < -0.3 is 10.7 Å². The second-order valence-electron chi connectivity index (χ2n) is 6.23. The molecule has 0 fully saturated rings. The van der Waals surface area contributed by atoms with Crippen LogP contribution in [0.25, 0.3) is 0 Å². The van der Waals surface area contributed by atoms with Gasteiger partial charge in [-0.2, -0.15) is 0 Å². The predicted octanol–water partition coefficient (Wildman–Crippen LogP) is 3.42.